The number of benzene rings is 1. The highest BCUT2D eigenvalue weighted by atomic mass is 19.1. The van der Waals surface area contributed by atoms with Crippen molar-refractivity contribution in [3.8, 4) is 0 Å². The van der Waals surface area contributed by atoms with Gasteiger partial charge in [-0.25, -0.2) is 4.39 Å². The monoisotopic (exact) mass is 174 g/mol. The first-order valence-electron chi connectivity index (χ1n) is 4.45. The summed E-state index contributed by atoms with van der Waals surface area (Å²) in [6.07, 6.45) is 6.09. The molecule has 1 unspecified atom stereocenters. The molecule has 0 fully saturated rings. The molecule has 1 heteroatoms. The third-order valence-electron chi connectivity index (χ3n) is 2.30. The van der Waals surface area contributed by atoms with Crippen molar-refractivity contribution < 1.29 is 4.39 Å². The Bertz CT molecular complexity index is 335. The van der Waals surface area contributed by atoms with E-state index in [4.69, 9.17) is 0 Å². The van der Waals surface area contributed by atoms with E-state index >= 15 is 0 Å². The minimum Gasteiger partial charge on any atom is -0.211 e. The molecule has 1 aromatic rings. The fourth-order valence-electron chi connectivity index (χ4n) is 1.58. The van der Waals surface area contributed by atoms with E-state index < -0.39 is 0 Å². The second kappa shape index (κ2) is 3.56. The van der Waals surface area contributed by atoms with Gasteiger partial charge in [0.05, 0.1) is 0 Å². The van der Waals surface area contributed by atoms with E-state index in [1.165, 1.54) is 0 Å². The maximum Gasteiger partial charge on any atom is 0.108 e. The van der Waals surface area contributed by atoms with Crippen LogP contribution in [0.4, 0.5) is 4.39 Å². The van der Waals surface area contributed by atoms with Crippen LogP contribution in [0.25, 0.3) is 0 Å². The summed E-state index contributed by atoms with van der Waals surface area (Å²) in [5.74, 6) is -0.0973. The molecule has 0 bridgehead atoms. The highest BCUT2D eigenvalue weighted by Crippen LogP contribution is 2.31. The molecule has 0 amide bonds. The first kappa shape index (κ1) is 8.24. The van der Waals surface area contributed by atoms with Gasteiger partial charge in [0, 0.05) is 5.92 Å². The molecule has 1 aliphatic rings. The number of hydrogen-bond acceptors (Lipinski definition) is 0. The molecule has 0 saturated carbocycles. The third-order valence-corrected chi connectivity index (χ3v) is 2.30. The molecule has 0 aliphatic heterocycles. The summed E-state index contributed by atoms with van der Waals surface area (Å²) in [6.45, 7) is 0. The van der Waals surface area contributed by atoms with Gasteiger partial charge in [-0.15, -0.1) is 0 Å². The van der Waals surface area contributed by atoms with Gasteiger partial charge in [-0.05, 0) is 18.1 Å². The zero-order chi connectivity index (χ0) is 9.10. The van der Waals surface area contributed by atoms with Gasteiger partial charge in [0.1, 0.15) is 5.83 Å². The summed E-state index contributed by atoms with van der Waals surface area (Å²) in [4.78, 5) is 0. The highest BCUT2D eigenvalue weighted by Gasteiger charge is 2.16. The molecule has 0 saturated heterocycles. The van der Waals surface area contributed by atoms with Crippen LogP contribution in [0.2, 0.25) is 0 Å². The van der Waals surface area contributed by atoms with Gasteiger partial charge >= 0.3 is 0 Å². The van der Waals surface area contributed by atoms with Crippen LogP contribution in [-0.4, -0.2) is 0 Å². The lowest BCUT2D eigenvalue weighted by Crippen LogP contribution is -2.00. The highest BCUT2D eigenvalue weighted by molar-refractivity contribution is 5.31. The van der Waals surface area contributed by atoms with E-state index in [9.17, 15) is 4.39 Å². The van der Waals surface area contributed by atoms with E-state index in [0.29, 0.717) is 0 Å². The number of hydrogen-bond donors (Lipinski definition) is 0. The lowest BCUT2D eigenvalue weighted by atomic mass is 9.92. The Hall–Kier alpha value is -1.37. The van der Waals surface area contributed by atoms with Crippen molar-refractivity contribution in [2.24, 2.45) is 0 Å². The predicted molar refractivity (Wildman–Crippen MR) is 52.1 cm³/mol. The molecule has 1 aliphatic carbocycles. The Morgan fingerprint density at radius 3 is 2.62 bits per heavy atom. The minimum atomic E-state index is -0.0637. The molecular weight excluding hydrogens is 163 g/mol. The van der Waals surface area contributed by atoms with Crippen molar-refractivity contribution in [3.05, 3.63) is 60.0 Å². The second-order valence-electron chi connectivity index (χ2n) is 3.18. The summed E-state index contributed by atoms with van der Waals surface area (Å²) in [5, 5.41) is 0. The standard InChI is InChI=1S/C12H11F/c13-12-9-5-4-8-11(12)10-6-2-1-3-7-10/h1-7,9,11H,8H2. The first-order chi connectivity index (χ1) is 6.38. The smallest absolute Gasteiger partial charge is 0.108 e. The fourth-order valence-corrected chi connectivity index (χ4v) is 1.58. The van der Waals surface area contributed by atoms with Crippen LogP contribution in [0.3, 0.4) is 0 Å². The predicted octanol–water partition coefficient (Wildman–Crippen LogP) is 3.58. The minimum absolute atomic E-state index is 0.0336. The van der Waals surface area contributed by atoms with Gasteiger partial charge < -0.3 is 0 Å². The molecule has 0 spiro atoms. The second-order valence-corrected chi connectivity index (χ2v) is 3.18. The molecule has 0 heterocycles. The van der Waals surface area contributed by atoms with Gasteiger partial charge in [-0.2, -0.15) is 0 Å². The summed E-state index contributed by atoms with van der Waals surface area (Å²) >= 11 is 0. The van der Waals surface area contributed by atoms with Crippen molar-refractivity contribution in [1.82, 2.24) is 0 Å². The van der Waals surface area contributed by atoms with Crippen LogP contribution in [0, 0.1) is 0 Å². The van der Waals surface area contributed by atoms with Crippen LogP contribution in [0.1, 0.15) is 17.9 Å². The van der Waals surface area contributed by atoms with Crippen LogP contribution < -0.4 is 0 Å². The molecule has 66 valence electrons. The number of allylic oxidation sites excluding steroid dienone is 4. The molecular formula is C12H11F. The normalized spacial score (nSPS) is 21.3. The van der Waals surface area contributed by atoms with Gasteiger partial charge in [0.15, 0.2) is 0 Å². The van der Waals surface area contributed by atoms with Crippen LogP contribution >= 0.6 is 0 Å². The SMILES string of the molecule is FC1=CC=CCC1c1ccccc1. The summed E-state index contributed by atoms with van der Waals surface area (Å²) in [6, 6.07) is 9.78. The lowest BCUT2D eigenvalue weighted by Gasteiger charge is -2.15. The molecule has 1 atom stereocenters. The maximum absolute atomic E-state index is 13.3. The maximum atomic E-state index is 13.3. The van der Waals surface area contributed by atoms with Gasteiger partial charge in [0.2, 0.25) is 0 Å². The Balaban J connectivity index is 2.28. The molecule has 0 nitrogen and oxygen atoms in total. The fraction of sp³-hybridized carbons (Fsp3) is 0.167. The van der Waals surface area contributed by atoms with E-state index in [0.717, 1.165) is 12.0 Å². The van der Waals surface area contributed by atoms with E-state index in [2.05, 4.69) is 0 Å². The van der Waals surface area contributed by atoms with Gasteiger partial charge in [-0.3, -0.25) is 0 Å². The molecule has 0 aromatic heterocycles. The third kappa shape index (κ3) is 1.69. The average molecular weight is 174 g/mol. The van der Waals surface area contributed by atoms with E-state index in [1.54, 1.807) is 12.2 Å². The molecule has 0 N–H and O–H groups in total. The Morgan fingerprint density at radius 1 is 1.15 bits per heavy atom. The van der Waals surface area contributed by atoms with Crippen LogP contribution in [0.5, 0.6) is 0 Å². The quantitative estimate of drug-likeness (QED) is 0.610. The van der Waals surface area contributed by atoms with Gasteiger partial charge in [-0.1, -0.05) is 42.5 Å². The summed E-state index contributed by atoms with van der Waals surface area (Å²) < 4.78 is 13.3. The Kier molecular flexibility index (Phi) is 2.26. The number of halogens is 1. The largest absolute Gasteiger partial charge is 0.211 e. The van der Waals surface area contributed by atoms with Crippen molar-refractivity contribution in [1.29, 1.82) is 0 Å². The van der Waals surface area contributed by atoms with Crippen molar-refractivity contribution in [3.63, 3.8) is 0 Å². The lowest BCUT2D eigenvalue weighted by molar-refractivity contribution is 0.541. The summed E-state index contributed by atoms with van der Waals surface area (Å²) in [7, 11) is 0. The Morgan fingerprint density at radius 2 is 1.92 bits per heavy atom. The van der Waals surface area contributed by atoms with E-state index in [1.807, 2.05) is 36.4 Å². The Labute approximate surface area is 77.4 Å². The summed E-state index contributed by atoms with van der Waals surface area (Å²) in [5.41, 5.74) is 1.06. The molecule has 0 radical (unpaired) electrons. The zero-order valence-corrected chi connectivity index (χ0v) is 7.28. The first-order valence-corrected chi connectivity index (χ1v) is 4.45. The molecule has 1 aromatic carbocycles. The molecule has 2 rings (SSSR count). The van der Waals surface area contributed by atoms with E-state index in [-0.39, 0.29) is 11.7 Å². The van der Waals surface area contributed by atoms with Crippen LogP contribution in [-0.2, 0) is 0 Å². The van der Waals surface area contributed by atoms with Gasteiger partial charge in [0.25, 0.3) is 0 Å². The zero-order valence-electron chi connectivity index (χ0n) is 7.28. The number of rotatable bonds is 1. The van der Waals surface area contributed by atoms with Crippen LogP contribution in [0.15, 0.2) is 54.4 Å². The van der Waals surface area contributed by atoms with Crippen molar-refractivity contribution in [2.45, 2.75) is 12.3 Å². The van der Waals surface area contributed by atoms with Crippen molar-refractivity contribution in [2.75, 3.05) is 0 Å². The van der Waals surface area contributed by atoms with Crippen molar-refractivity contribution >= 4 is 0 Å². The topological polar surface area (TPSA) is 0 Å². The molecule has 13 heavy (non-hydrogen) atoms. The average Bonchev–Trinajstić information content (AvgIpc) is 2.20.